The van der Waals surface area contributed by atoms with E-state index in [9.17, 15) is 17.2 Å². The zero-order valence-corrected chi connectivity index (χ0v) is 13.1. The molecule has 0 aromatic heterocycles. The average molecular weight is 369 g/mol. The molecule has 20 heavy (non-hydrogen) atoms. The molecule has 0 amide bonds. The first-order chi connectivity index (χ1) is 9.37. The van der Waals surface area contributed by atoms with Crippen molar-refractivity contribution in [2.45, 2.75) is 30.2 Å². The maximum Gasteiger partial charge on any atom is 0.246 e. The Morgan fingerprint density at radius 3 is 2.65 bits per heavy atom. The van der Waals surface area contributed by atoms with Crippen molar-refractivity contribution < 1.29 is 17.2 Å². The van der Waals surface area contributed by atoms with Gasteiger partial charge in [-0.25, -0.2) is 17.2 Å². The summed E-state index contributed by atoms with van der Waals surface area (Å²) in [6, 6.07) is 1.17. The average Bonchev–Trinajstić information content (AvgIpc) is 2.42. The van der Waals surface area contributed by atoms with E-state index in [-0.39, 0.29) is 23.6 Å². The Labute approximate surface area is 125 Å². The quantitative estimate of drug-likeness (QED) is 0.832. The Morgan fingerprint density at radius 1 is 1.30 bits per heavy atom. The van der Waals surface area contributed by atoms with Crippen molar-refractivity contribution in [1.82, 2.24) is 4.31 Å². The highest BCUT2D eigenvalue weighted by molar-refractivity contribution is 9.10. The van der Waals surface area contributed by atoms with Crippen molar-refractivity contribution in [3.8, 4) is 0 Å². The second-order valence-corrected chi connectivity index (χ2v) is 7.41. The Hall–Kier alpha value is -0.570. The molecule has 2 rings (SSSR count). The molecule has 4 nitrogen and oxygen atoms in total. The summed E-state index contributed by atoms with van der Waals surface area (Å²) in [5.74, 6) is -1.79. The number of hydrogen-bond donors (Lipinski definition) is 1. The van der Waals surface area contributed by atoms with Gasteiger partial charge in [0.15, 0.2) is 0 Å². The van der Waals surface area contributed by atoms with Crippen molar-refractivity contribution in [2.75, 3.05) is 13.1 Å². The molecule has 0 spiro atoms. The van der Waals surface area contributed by atoms with Crippen LogP contribution in [0, 0.1) is 11.6 Å². The van der Waals surface area contributed by atoms with Gasteiger partial charge in [0.2, 0.25) is 10.0 Å². The van der Waals surface area contributed by atoms with Crippen LogP contribution in [0.25, 0.3) is 0 Å². The molecule has 0 saturated carbocycles. The van der Waals surface area contributed by atoms with Gasteiger partial charge in [0, 0.05) is 19.1 Å². The van der Waals surface area contributed by atoms with Gasteiger partial charge in [-0.05, 0) is 40.9 Å². The fourth-order valence-electron chi connectivity index (χ4n) is 2.35. The largest absolute Gasteiger partial charge is 0.329 e. The van der Waals surface area contributed by atoms with Gasteiger partial charge in [0.25, 0.3) is 0 Å². The monoisotopic (exact) mass is 368 g/mol. The topological polar surface area (TPSA) is 63.4 Å². The third-order valence-corrected chi connectivity index (χ3v) is 5.98. The molecule has 1 aromatic rings. The van der Waals surface area contributed by atoms with Crippen LogP contribution in [0.4, 0.5) is 8.78 Å². The summed E-state index contributed by atoms with van der Waals surface area (Å²) >= 11 is 2.83. The SMILES string of the molecule is NCC1CCCCN1S(=O)(=O)c1cc(F)c(Br)cc1F. The van der Waals surface area contributed by atoms with Crippen molar-refractivity contribution >= 4 is 26.0 Å². The number of nitrogens with two attached hydrogens (primary N) is 1. The molecule has 1 fully saturated rings. The first-order valence-electron chi connectivity index (χ1n) is 6.24. The molecule has 1 aromatic carbocycles. The van der Waals surface area contributed by atoms with Gasteiger partial charge in [-0.1, -0.05) is 6.42 Å². The molecule has 0 bridgehead atoms. The van der Waals surface area contributed by atoms with Crippen LogP contribution in [-0.4, -0.2) is 31.9 Å². The molecule has 1 aliphatic rings. The fraction of sp³-hybridized carbons (Fsp3) is 0.500. The first kappa shape index (κ1) is 15.8. The molecule has 8 heteroatoms. The zero-order valence-electron chi connectivity index (χ0n) is 10.7. The van der Waals surface area contributed by atoms with Crippen molar-refractivity contribution in [3.63, 3.8) is 0 Å². The number of rotatable bonds is 3. The minimum Gasteiger partial charge on any atom is -0.329 e. The Kier molecular flexibility index (Phi) is 4.78. The lowest BCUT2D eigenvalue weighted by Crippen LogP contribution is -2.47. The van der Waals surface area contributed by atoms with E-state index in [0.29, 0.717) is 18.9 Å². The van der Waals surface area contributed by atoms with E-state index in [1.165, 1.54) is 4.31 Å². The number of nitrogens with zero attached hydrogens (tertiary/aromatic N) is 1. The van der Waals surface area contributed by atoms with Gasteiger partial charge in [-0.2, -0.15) is 4.31 Å². The third kappa shape index (κ3) is 2.88. The van der Waals surface area contributed by atoms with Crippen LogP contribution < -0.4 is 5.73 Å². The van der Waals surface area contributed by atoms with E-state index in [2.05, 4.69) is 15.9 Å². The summed E-state index contributed by atoms with van der Waals surface area (Å²) in [4.78, 5) is -0.640. The van der Waals surface area contributed by atoms with Gasteiger partial charge in [0.1, 0.15) is 16.5 Å². The standard InChI is InChI=1S/C12H15BrF2N2O2S/c13-9-5-11(15)12(6-10(9)14)20(18,19)17-4-2-1-3-8(17)7-16/h5-6,8H,1-4,7,16H2. The van der Waals surface area contributed by atoms with Gasteiger partial charge < -0.3 is 5.73 Å². The zero-order chi connectivity index (χ0) is 14.9. The number of hydrogen-bond acceptors (Lipinski definition) is 3. The van der Waals surface area contributed by atoms with Crippen LogP contribution in [0.15, 0.2) is 21.5 Å². The Balaban J connectivity index is 2.46. The molecule has 112 valence electrons. The van der Waals surface area contributed by atoms with Crippen molar-refractivity contribution in [1.29, 1.82) is 0 Å². The molecule has 2 N–H and O–H groups in total. The molecule has 1 unspecified atom stereocenters. The highest BCUT2D eigenvalue weighted by Gasteiger charge is 2.34. The van der Waals surface area contributed by atoms with E-state index < -0.39 is 26.6 Å². The molecule has 1 saturated heterocycles. The molecule has 1 atom stereocenters. The summed E-state index contributed by atoms with van der Waals surface area (Å²) in [6.07, 6.45) is 2.21. The number of sulfonamides is 1. The lowest BCUT2D eigenvalue weighted by Gasteiger charge is -2.33. The first-order valence-corrected chi connectivity index (χ1v) is 8.47. The van der Waals surface area contributed by atoms with E-state index in [4.69, 9.17) is 5.73 Å². The second kappa shape index (κ2) is 6.05. The smallest absolute Gasteiger partial charge is 0.246 e. The summed E-state index contributed by atoms with van der Waals surface area (Å²) in [5.41, 5.74) is 5.58. The number of benzene rings is 1. The Morgan fingerprint density at radius 2 is 2.00 bits per heavy atom. The fourth-order valence-corrected chi connectivity index (χ4v) is 4.43. The van der Waals surface area contributed by atoms with Crippen molar-refractivity contribution in [3.05, 3.63) is 28.2 Å². The molecule has 1 aliphatic heterocycles. The van der Waals surface area contributed by atoms with Crippen LogP contribution in [0.3, 0.4) is 0 Å². The second-order valence-electron chi connectivity index (χ2n) is 4.70. The van der Waals surface area contributed by atoms with Gasteiger partial charge in [-0.3, -0.25) is 0 Å². The lowest BCUT2D eigenvalue weighted by molar-refractivity contribution is 0.256. The Bertz CT molecular complexity index is 610. The van der Waals surface area contributed by atoms with Gasteiger partial charge >= 0.3 is 0 Å². The maximum atomic E-state index is 13.9. The summed E-state index contributed by atoms with van der Waals surface area (Å²) < 4.78 is 53.4. The number of halogens is 3. The predicted octanol–water partition coefficient (Wildman–Crippen LogP) is 2.23. The predicted molar refractivity (Wildman–Crippen MR) is 74.6 cm³/mol. The van der Waals surface area contributed by atoms with E-state index in [1.54, 1.807) is 0 Å². The maximum absolute atomic E-state index is 13.9. The van der Waals surface area contributed by atoms with E-state index in [0.717, 1.165) is 12.5 Å². The number of piperidine rings is 1. The minimum absolute atomic E-state index is 0.108. The van der Waals surface area contributed by atoms with Crippen LogP contribution in [0.5, 0.6) is 0 Å². The highest BCUT2D eigenvalue weighted by atomic mass is 79.9. The summed E-state index contributed by atoms with van der Waals surface area (Å²) in [7, 11) is -4.08. The molecular weight excluding hydrogens is 354 g/mol. The van der Waals surface area contributed by atoms with E-state index >= 15 is 0 Å². The van der Waals surface area contributed by atoms with E-state index in [1.807, 2.05) is 0 Å². The summed E-state index contributed by atoms with van der Waals surface area (Å²) in [5, 5.41) is 0. The minimum atomic E-state index is -4.08. The third-order valence-electron chi connectivity index (χ3n) is 3.41. The molecule has 0 radical (unpaired) electrons. The van der Waals surface area contributed by atoms with Crippen LogP contribution >= 0.6 is 15.9 Å². The van der Waals surface area contributed by atoms with Gasteiger partial charge in [-0.15, -0.1) is 0 Å². The summed E-state index contributed by atoms with van der Waals surface area (Å²) in [6.45, 7) is 0.446. The normalized spacial score (nSPS) is 21.1. The molecular formula is C12H15BrF2N2O2S. The molecule has 0 aliphatic carbocycles. The van der Waals surface area contributed by atoms with Crippen LogP contribution in [0.2, 0.25) is 0 Å². The lowest BCUT2D eigenvalue weighted by atomic mass is 10.1. The molecule has 1 heterocycles. The van der Waals surface area contributed by atoms with Crippen LogP contribution in [-0.2, 0) is 10.0 Å². The van der Waals surface area contributed by atoms with Crippen molar-refractivity contribution in [2.24, 2.45) is 5.73 Å². The van der Waals surface area contributed by atoms with Crippen LogP contribution in [0.1, 0.15) is 19.3 Å². The highest BCUT2D eigenvalue weighted by Crippen LogP contribution is 2.29. The van der Waals surface area contributed by atoms with Gasteiger partial charge in [0.05, 0.1) is 4.47 Å².